The first-order chi connectivity index (χ1) is 9.76. The van der Waals surface area contributed by atoms with Crippen molar-refractivity contribution >= 4 is 18.3 Å². The number of piperidine rings is 1. The maximum absolute atomic E-state index is 12.6. The first-order valence-corrected chi connectivity index (χ1v) is 7.64. The summed E-state index contributed by atoms with van der Waals surface area (Å²) in [5, 5.41) is 14.3. The number of nitrogens with one attached hydrogen (secondary N) is 2. The van der Waals surface area contributed by atoms with E-state index in [0.717, 1.165) is 56.8 Å². The van der Waals surface area contributed by atoms with Gasteiger partial charge in [0.05, 0.1) is 11.4 Å². The van der Waals surface area contributed by atoms with Crippen molar-refractivity contribution in [2.45, 2.75) is 32.1 Å². The van der Waals surface area contributed by atoms with Crippen molar-refractivity contribution in [3.8, 4) is 0 Å². The Balaban J connectivity index is 0.00000132. The summed E-state index contributed by atoms with van der Waals surface area (Å²) in [4.78, 5) is 14.7. The Morgan fingerprint density at radius 3 is 2.81 bits per heavy atom. The second-order valence-electron chi connectivity index (χ2n) is 6.62. The van der Waals surface area contributed by atoms with Gasteiger partial charge in [0.15, 0.2) is 0 Å². The molecule has 0 aromatic carbocycles. The fraction of sp³-hybridized carbons (Fsp3) is 0.786. The number of nitrogens with zero attached hydrogens (tertiary/aromatic N) is 3. The molecule has 1 aliphatic carbocycles. The fourth-order valence-electron chi connectivity index (χ4n) is 3.95. The van der Waals surface area contributed by atoms with Crippen molar-refractivity contribution < 1.29 is 4.79 Å². The SMILES string of the molecule is Cl.O=C(C1CCc2[nH]nnc2C1)N1CC2(CCNCC2)C1. The number of aryl methyl sites for hydroxylation is 1. The van der Waals surface area contributed by atoms with E-state index >= 15 is 0 Å². The molecule has 1 amide bonds. The number of rotatable bonds is 1. The molecule has 7 heteroatoms. The molecule has 6 nitrogen and oxygen atoms in total. The van der Waals surface area contributed by atoms with Crippen molar-refractivity contribution in [3.63, 3.8) is 0 Å². The van der Waals surface area contributed by atoms with Gasteiger partial charge < -0.3 is 10.2 Å². The highest BCUT2D eigenvalue weighted by atomic mass is 35.5. The van der Waals surface area contributed by atoms with E-state index in [0.29, 0.717) is 11.3 Å². The molecule has 3 heterocycles. The lowest BCUT2D eigenvalue weighted by atomic mass is 9.71. The van der Waals surface area contributed by atoms with Crippen LogP contribution in [0.5, 0.6) is 0 Å². The van der Waals surface area contributed by atoms with Crippen LogP contribution in [0.2, 0.25) is 0 Å². The number of halogens is 1. The molecule has 1 atom stereocenters. The van der Waals surface area contributed by atoms with Crippen LogP contribution in [0.15, 0.2) is 0 Å². The molecule has 1 aromatic heterocycles. The molecule has 2 aliphatic heterocycles. The van der Waals surface area contributed by atoms with Crippen LogP contribution in [0.4, 0.5) is 0 Å². The molecule has 2 N–H and O–H groups in total. The molecule has 1 spiro atoms. The van der Waals surface area contributed by atoms with Crippen LogP contribution < -0.4 is 5.32 Å². The Labute approximate surface area is 130 Å². The van der Waals surface area contributed by atoms with Crippen molar-refractivity contribution in [2.24, 2.45) is 11.3 Å². The molecular weight excluding hydrogens is 290 g/mol. The van der Waals surface area contributed by atoms with Gasteiger partial charge in [-0.3, -0.25) is 9.89 Å². The molecule has 0 saturated carbocycles. The summed E-state index contributed by atoms with van der Waals surface area (Å²) in [6.07, 6.45) is 5.03. The summed E-state index contributed by atoms with van der Waals surface area (Å²) in [5.41, 5.74) is 2.54. The number of aromatic amines is 1. The molecule has 0 radical (unpaired) electrons. The minimum atomic E-state index is 0. The third-order valence-corrected chi connectivity index (χ3v) is 5.26. The monoisotopic (exact) mass is 311 g/mol. The number of amides is 1. The summed E-state index contributed by atoms with van der Waals surface area (Å²) in [5.74, 6) is 0.453. The van der Waals surface area contributed by atoms with Crippen LogP contribution >= 0.6 is 12.4 Å². The number of carbonyl (C=O) groups excluding carboxylic acids is 1. The summed E-state index contributed by atoms with van der Waals surface area (Å²) >= 11 is 0. The Hall–Kier alpha value is -1.14. The highest BCUT2D eigenvalue weighted by Crippen LogP contribution is 2.40. The van der Waals surface area contributed by atoms with Crippen molar-refractivity contribution in [2.75, 3.05) is 26.2 Å². The highest BCUT2D eigenvalue weighted by molar-refractivity contribution is 5.85. The number of hydrogen-bond acceptors (Lipinski definition) is 4. The van der Waals surface area contributed by atoms with E-state index in [2.05, 4.69) is 25.6 Å². The molecule has 116 valence electrons. The molecule has 2 saturated heterocycles. The first-order valence-electron chi connectivity index (χ1n) is 7.64. The lowest BCUT2D eigenvalue weighted by Gasteiger charge is -2.53. The van der Waals surface area contributed by atoms with Crippen molar-refractivity contribution in [1.29, 1.82) is 0 Å². The normalized spacial score (nSPS) is 26.7. The van der Waals surface area contributed by atoms with Gasteiger partial charge in [0.25, 0.3) is 0 Å². The van der Waals surface area contributed by atoms with E-state index in [1.807, 2.05) is 0 Å². The van der Waals surface area contributed by atoms with Gasteiger partial charge >= 0.3 is 0 Å². The third-order valence-electron chi connectivity index (χ3n) is 5.26. The van der Waals surface area contributed by atoms with Crippen molar-refractivity contribution in [3.05, 3.63) is 11.4 Å². The van der Waals surface area contributed by atoms with Crippen LogP contribution in [-0.2, 0) is 17.6 Å². The number of H-pyrrole nitrogens is 1. The zero-order valence-corrected chi connectivity index (χ0v) is 12.9. The molecule has 2 fully saturated rings. The van der Waals surface area contributed by atoms with Crippen LogP contribution in [-0.4, -0.2) is 52.4 Å². The Bertz CT molecular complexity index is 517. The fourth-order valence-corrected chi connectivity index (χ4v) is 3.95. The lowest BCUT2D eigenvalue weighted by Crippen LogP contribution is -2.62. The topological polar surface area (TPSA) is 73.9 Å². The number of aromatic nitrogens is 3. The molecule has 21 heavy (non-hydrogen) atoms. The smallest absolute Gasteiger partial charge is 0.226 e. The second kappa shape index (κ2) is 5.57. The summed E-state index contributed by atoms with van der Waals surface area (Å²) < 4.78 is 0. The molecule has 0 bridgehead atoms. The maximum atomic E-state index is 12.6. The van der Waals surface area contributed by atoms with E-state index in [1.165, 1.54) is 12.8 Å². The number of likely N-dealkylation sites (tertiary alicyclic amines) is 1. The lowest BCUT2D eigenvalue weighted by molar-refractivity contribution is -0.150. The van der Waals surface area contributed by atoms with Crippen LogP contribution in [0, 0.1) is 11.3 Å². The summed E-state index contributed by atoms with van der Waals surface area (Å²) in [6.45, 7) is 4.15. The summed E-state index contributed by atoms with van der Waals surface area (Å²) in [7, 11) is 0. The van der Waals surface area contributed by atoms with E-state index in [4.69, 9.17) is 0 Å². The number of carbonyl (C=O) groups is 1. The van der Waals surface area contributed by atoms with Crippen LogP contribution in [0.25, 0.3) is 0 Å². The number of fused-ring (bicyclic) bond motifs is 1. The zero-order valence-electron chi connectivity index (χ0n) is 12.1. The average molecular weight is 312 g/mol. The van der Waals surface area contributed by atoms with E-state index in [1.54, 1.807) is 0 Å². The minimum absolute atomic E-state index is 0. The molecule has 4 rings (SSSR count). The Morgan fingerprint density at radius 2 is 2.05 bits per heavy atom. The number of hydrogen-bond donors (Lipinski definition) is 2. The van der Waals surface area contributed by atoms with Crippen molar-refractivity contribution in [1.82, 2.24) is 25.6 Å². The van der Waals surface area contributed by atoms with Gasteiger partial charge in [0.1, 0.15) is 0 Å². The van der Waals surface area contributed by atoms with Crippen LogP contribution in [0.3, 0.4) is 0 Å². The summed E-state index contributed by atoms with van der Waals surface area (Å²) in [6, 6.07) is 0. The Morgan fingerprint density at radius 1 is 1.29 bits per heavy atom. The van der Waals surface area contributed by atoms with Gasteiger partial charge in [-0.2, -0.15) is 0 Å². The first kappa shape index (κ1) is 14.8. The van der Waals surface area contributed by atoms with Gasteiger partial charge in [-0.05, 0) is 38.8 Å². The standard InChI is InChI=1S/C14H21N5O.ClH/c20-13(10-1-2-11-12(7-10)17-18-16-11)19-8-14(9-19)3-5-15-6-4-14;/h10,15H,1-9H2,(H,16,17,18);1H. The average Bonchev–Trinajstić information content (AvgIpc) is 2.92. The molecule has 1 unspecified atom stereocenters. The Kier molecular flexibility index (Phi) is 3.92. The predicted molar refractivity (Wildman–Crippen MR) is 80.3 cm³/mol. The molecule has 1 aromatic rings. The van der Waals surface area contributed by atoms with Gasteiger partial charge in [0, 0.05) is 30.8 Å². The zero-order chi connectivity index (χ0) is 13.6. The molecule has 3 aliphatic rings. The quantitative estimate of drug-likeness (QED) is 0.794. The van der Waals surface area contributed by atoms with Gasteiger partial charge in [-0.1, -0.05) is 5.21 Å². The maximum Gasteiger partial charge on any atom is 0.226 e. The minimum Gasteiger partial charge on any atom is -0.341 e. The van der Waals surface area contributed by atoms with Gasteiger partial charge in [-0.25, -0.2) is 0 Å². The van der Waals surface area contributed by atoms with Crippen LogP contribution in [0.1, 0.15) is 30.7 Å². The second-order valence-corrected chi connectivity index (χ2v) is 6.62. The van der Waals surface area contributed by atoms with E-state index in [9.17, 15) is 4.79 Å². The van der Waals surface area contributed by atoms with E-state index < -0.39 is 0 Å². The molecular formula is C14H22ClN5O. The highest BCUT2D eigenvalue weighted by Gasteiger charge is 2.46. The van der Waals surface area contributed by atoms with Gasteiger partial charge in [0.2, 0.25) is 5.91 Å². The third kappa shape index (κ3) is 2.55. The van der Waals surface area contributed by atoms with Gasteiger partial charge in [-0.15, -0.1) is 17.5 Å². The van der Waals surface area contributed by atoms with E-state index in [-0.39, 0.29) is 18.3 Å². The largest absolute Gasteiger partial charge is 0.341 e. The predicted octanol–water partition coefficient (Wildman–Crippen LogP) is 0.543.